The van der Waals surface area contributed by atoms with Crippen molar-refractivity contribution in [2.45, 2.75) is 25.1 Å². The van der Waals surface area contributed by atoms with Crippen molar-refractivity contribution in [2.24, 2.45) is 0 Å². The summed E-state index contributed by atoms with van der Waals surface area (Å²) in [5, 5.41) is 17.5. The third-order valence-corrected chi connectivity index (χ3v) is 2.54. The van der Waals surface area contributed by atoms with Gasteiger partial charge in [0.05, 0.1) is 18.9 Å². The summed E-state index contributed by atoms with van der Waals surface area (Å²) in [4.78, 5) is 16.8. The van der Waals surface area contributed by atoms with Gasteiger partial charge in [-0.25, -0.2) is 4.39 Å². The molecular weight excluding hydrogens is 202 g/mol. The Kier molecular flexibility index (Phi) is 4.48. The van der Waals surface area contributed by atoms with Crippen LogP contribution < -0.4 is 0 Å². The number of rotatable bonds is 5. The molecule has 0 aliphatic carbocycles. The van der Waals surface area contributed by atoms with Crippen LogP contribution in [0.2, 0.25) is 0 Å². The van der Waals surface area contributed by atoms with E-state index in [0.717, 1.165) is 6.92 Å². The molecule has 0 aromatic heterocycles. The van der Waals surface area contributed by atoms with Crippen LogP contribution in [0.25, 0.3) is 0 Å². The van der Waals surface area contributed by atoms with Gasteiger partial charge in [0, 0.05) is 0 Å². The molecule has 0 amide bonds. The van der Waals surface area contributed by atoms with Crippen LogP contribution in [0.15, 0.2) is 0 Å². The van der Waals surface area contributed by atoms with Crippen LogP contribution in [0.3, 0.4) is 0 Å². The van der Waals surface area contributed by atoms with E-state index < -0.39 is 32.1 Å². The first-order chi connectivity index (χ1) is 5.69. The maximum atomic E-state index is 13.0. The quantitative estimate of drug-likeness (QED) is 0.470. The van der Waals surface area contributed by atoms with Gasteiger partial charge < -0.3 is 20.0 Å². The summed E-state index contributed by atoms with van der Waals surface area (Å²) in [7, 11) is -4.21. The summed E-state index contributed by atoms with van der Waals surface area (Å²) in [5.74, 6) is 0. The van der Waals surface area contributed by atoms with Crippen LogP contribution in [-0.4, -0.2) is 44.5 Å². The van der Waals surface area contributed by atoms with E-state index in [9.17, 15) is 8.96 Å². The molecule has 0 heterocycles. The van der Waals surface area contributed by atoms with Crippen molar-refractivity contribution in [2.75, 3.05) is 12.8 Å². The average molecular weight is 216 g/mol. The Morgan fingerprint density at radius 3 is 2.31 bits per heavy atom. The molecule has 0 rings (SSSR count). The van der Waals surface area contributed by atoms with Crippen molar-refractivity contribution in [3.05, 3.63) is 0 Å². The molecule has 13 heavy (non-hydrogen) atoms. The van der Waals surface area contributed by atoms with Crippen LogP contribution >= 0.6 is 7.60 Å². The van der Waals surface area contributed by atoms with Gasteiger partial charge >= 0.3 is 7.60 Å². The van der Waals surface area contributed by atoms with Crippen molar-refractivity contribution in [1.29, 1.82) is 0 Å². The van der Waals surface area contributed by atoms with Gasteiger partial charge in [-0.15, -0.1) is 0 Å². The molecular formula is C6H14FO5P. The average Bonchev–Trinajstić information content (AvgIpc) is 1.98. The third-order valence-electron chi connectivity index (χ3n) is 1.70. The van der Waals surface area contributed by atoms with Crippen LogP contribution in [-0.2, 0) is 4.57 Å². The minimum absolute atomic E-state index is 0.377. The predicted molar refractivity (Wildman–Crippen MR) is 44.1 cm³/mol. The van der Waals surface area contributed by atoms with E-state index in [2.05, 4.69) is 0 Å². The molecule has 0 spiro atoms. The van der Waals surface area contributed by atoms with Crippen molar-refractivity contribution in [3.8, 4) is 0 Å². The predicted octanol–water partition coefficient (Wildman–Crippen LogP) is -0.364. The minimum Gasteiger partial charge on any atom is -0.393 e. The number of aliphatic hydroxyl groups excluding tert-OH is 2. The number of halogens is 1. The molecule has 0 bridgehead atoms. The molecule has 0 unspecified atom stereocenters. The van der Waals surface area contributed by atoms with Crippen molar-refractivity contribution in [1.82, 2.24) is 0 Å². The molecule has 7 heteroatoms. The maximum absolute atomic E-state index is 13.0. The molecule has 0 aliphatic rings. The lowest BCUT2D eigenvalue weighted by atomic mass is 10.0. The van der Waals surface area contributed by atoms with Crippen LogP contribution in [0, 0.1) is 0 Å². The topological polar surface area (TPSA) is 98.0 Å². The standard InChI is InChI=1S/C6H14FO5P/c1-6(7,4-8)5(9)2-3-13(10,11)12/h5,8-9H,2-4H2,1H3,(H2,10,11,12)/t5-,6+/m1/s1. The highest BCUT2D eigenvalue weighted by Gasteiger charge is 2.33. The summed E-state index contributed by atoms with van der Waals surface area (Å²) >= 11 is 0. The molecule has 4 N–H and O–H groups in total. The molecule has 0 aromatic carbocycles. The molecule has 0 fully saturated rings. The lowest BCUT2D eigenvalue weighted by Crippen LogP contribution is -2.38. The highest BCUT2D eigenvalue weighted by Crippen LogP contribution is 2.36. The number of hydrogen-bond donors (Lipinski definition) is 4. The molecule has 0 saturated carbocycles. The van der Waals surface area contributed by atoms with Crippen LogP contribution in [0.4, 0.5) is 4.39 Å². The second-order valence-electron chi connectivity index (χ2n) is 3.13. The highest BCUT2D eigenvalue weighted by atomic mass is 31.2. The maximum Gasteiger partial charge on any atom is 0.325 e. The van der Waals surface area contributed by atoms with Gasteiger partial charge in [-0.3, -0.25) is 4.57 Å². The molecule has 80 valence electrons. The second-order valence-corrected chi connectivity index (χ2v) is 4.91. The Labute approximate surface area is 75.4 Å². The normalized spacial score (nSPS) is 19.5. The van der Waals surface area contributed by atoms with E-state index in [1.807, 2.05) is 0 Å². The Morgan fingerprint density at radius 1 is 1.54 bits per heavy atom. The summed E-state index contributed by atoms with van der Waals surface area (Å²) in [6.45, 7) is 0.0899. The smallest absolute Gasteiger partial charge is 0.325 e. The molecule has 0 saturated heterocycles. The van der Waals surface area contributed by atoms with E-state index in [-0.39, 0.29) is 6.42 Å². The highest BCUT2D eigenvalue weighted by molar-refractivity contribution is 7.51. The van der Waals surface area contributed by atoms with E-state index in [1.165, 1.54) is 0 Å². The van der Waals surface area contributed by atoms with Crippen molar-refractivity contribution in [3.63, 3.8) is 0 Å². The Bertz CT molecular complexity index is 201. The Morgan fingerprint density at radius 2 is 2.00 bits per heavy atom. The van der Waals surface area contributed by atoms with E-state index in [0.29, 0.717) is 0 Å². The number of alkyl halides is 1. The molecule has 0 aromatic rings. The molecule has 5 nitrogen and oxygen atoms in total. The zero-order valence-electron chi connectivity index (χ0n) is 7.22. The SMILES string of the molecule is C[C@](F)(CO)[C@H](O)CCP(=O)(O)O. The Hall–Kier alpha value is -0.0000000000000000416. The van der Waals surface area contributed by atoms with Gasteiger partial charge in [-0.05, 0) is 13.3 Å². The van der Waals surface area contributed by atoms with Gasteiger partial charge in [-0.1, -0.05) is 0 Å². The summed E-state index contributed by atoms with van der Waals surface area (Å²) in [6, 6.07) is 0. The lowest BCUT2D eigenvalue weighted by molar-refractivity contribution is -0.0341. The van der Waals surface area contributed by atoms with E-state index >= 15 is 0 Å². The first-order valence-corrected chi connectivity index (χ1v) is 5.51. The fraction of sp³-hybridized carbons (Fsp3) is 1.00. The summed E-state index contributed by atoms with van der Waals surface area (Å²) in [6.07, 6.45) is -2.53. The van der Waals surface area contributed by atoms with Gasteiger partial charge in [-0.2, -0.15) is 0 Å². The summed E-state index contributed by atoms with van der Waals surface area (Å²) in [5.41, 5.74) is -2.21. The fourth-order valence-electron chi connectivity index (χ4n) is 0.697. The van der Waals surface area contributed by atoms with Crippen LogP contribution in [0.5, 0.6) is 0 Å². The number of aliphatic hydroxyl groups is 2. The molecule has 2 atom stereocenters. The van der Waals surface area contributed by atoms with Gasteiger partial charge in [0.1, 0.15) is 0 Å². The lowest BCUT2D eigenvalue weighted by Gasteiger charge is -2.23. The van der Waals surface area contributed by atoms with Crippen molar-refractivity contribution < 1.29 is 29.0 Å². The molecule has 0 radical (unpaired) electrons. The minimum atomic E-state index is -4.21. The third kappa shape index (κ3) is 5.33. The van der Waals surface area contributed by atoms with E-state index in [4.69, 9.17) is 20.0 Å². The first kappa shape index (κ1) is 13.0. The Balaban J connectivity index is 4.02. The van der Waals surface area contributed by atoms with Gasteiger partial charge in [0.2, 0.25) is 0 Å². The molecule has 0 aliphatic heterocycles. The van der Waals surface area contributed by atoms with Crippen LogP contribution in [0.1, 0.15) is 13.3 Å². The van der Waals surface area contributed by atoms with Gasteiger partial charge in [0.15, 0.2) is 5.67 Å². The zero-order valence-corrected chi connectivity index (χ0v) is 8.12. The van der Waals surface area contributed by atoms with Crippen molar-refractivity contribution >= 4 is 7.60 Å². The monoisotopic (exact) mass is 216 g/mol. The number of hydrogen-bond acceptors (Lipinski definition) is 3. The fourth-order valence-corrected chi connectivity index (χ4v) is 1.28. The van der Waals surface area contributed by atoms with E-state index in [1.54, 1.807) is 0 Å². The second kappa shape index (κ2) is 4.48. The first-order valence-electron chi connectivity index (χ1n) is 3.71. The van der Waals surface area contributed by atoms with Gasteiger partial charge in [0.25, 0.3) is 0 Å². The zero-order chi connectivity index (χ0) is 10.7. The largest absolute Gasteiger partial charge is 0.393 e. The summed E-state index contributed by atoms with van der Waals surface area (Å²) < 4.78 is 23.4.